The second-order valence-corrected chi connectivity index (χ2v) is 4.41. The van der Waals surface area contributed by atoms with Gasteiger partial charge in [-0.3, -0.25) is 10.1 Å². The quantitative estimate of drug-likeness (QED) is 0.786. The summed E-state index contributed by atoms with van der Waals surface area (Å²) in [6, 6.07) is 10.2. The molecule has 3 aromatic rings. The first kappa shape index (κ1) is 12.5. The van der Waals surface area contributed by atoms with Gasteiger partial charge in [-0.05, 0) is 55.3 Å². The van der Waals surface area contributed by atoms with Gasteiger partial charge in [0.15, 0.2) is 0 Å². The van der Waals surface area contributed by atoms with E-state index in [2.05, 4.69) is 22.1 Å². The first-order valence-electron chi connectivity index (χ1n) is 6.32. The fourth-order valence-corrected chi connectivity index (χ4v) is 2.22. The molecule has 1 radical (unpaired) electrons. The van der Waals surface area contributed by atoms with Crippen molar-refractivity contribution in [3.63, 3.8) is 0 Å². The molecule has 0 saturated heterocycles. The SMILES string of the molecule is [CH2]Cc1n[nH]c(-c2ccc(F)cc2)c1-c1ccncc1. The van der Waals surface area contributed by atoms with E-state index in [9.17, 15) is 4.39 Å². The normalized spacial score (nSPS) is 10.7. The number of hydrogen-bond acceptors (Lipinski definition) is 2. The Balaban J connectivity index is 2.17. The van der Waals surface area contributed by atoms with E-state index < -0.39 is 0 Å². The molecule has 0 atom stereocenters. The Labute approximate surface area is 116 Å². The predicted octanol–water partition coefficient (Wildman–Crippen LogP) is 3.65. The number of hydrogen-bond donors (Lipinski definition) is 1. The van der Waals surface area contributed by atoms with Crippen molar-refractivity contribution in [3.05, 3.63) is 67.2 Å². The third-order valence-corrected chi connectivity index (χ3v) is 3.18. The van der Waals surface area contributed by atoms with Gasteiger partial charge in [0.05, 0.1) is 11.4 Å². The van der Waals surface area contributed by atoms with Crippen LogP contribution in [-0.4, -0.2) is 15.2 Å². The fraction of sp³-hybridized carbons (Fsp3) is 0.0625. The lowest BCUT2D eigenvalue weighted by atomic mass is 9.99. The van der Waals surface area contributed by atoms with Crippen molar-refractivity contribution in [1.82, 2.24) is 15.2 Å². The smallest absolute Gasteiger partial charge is 0.123 e. The molecule has 4 heteroatoms. The van der Waals surface area contributed by atoms with Crippen molar-refractivity contribution in [2.24, 2.45) is 0 Å². The molecule has 0 unspecified atom stereocenters. The van der Waals surface area contributed by atoms with Crippen LogP contribution in [0.2, 0.25) is 0 Å². The molecule has 0 saturated carbocycles. The molecule has 2 aromatic heterocycles. The number of aromatic nitrogens is 3. The van der Waals surface area contributed by atoms with E-state index in [0.29, 0.717) is 6.42 Å². The fourth-order valence-electron chi connectivity index (χ4n) is 2.22. The van der Waals surface area contributed by atoms with Gasteiger partial charge in [-0.2, -0.15) is 5.10 Å². The Morgan fingerprint density at radius 1 is 1.00 bits per heavy atom. The summed E-state index contributed by atoms with van der Waals surface area (Å²) < 4.78 is 13.1. The summed E-state index contributed by atoms with van der Waals surface area (Å²) in [5, 5.41) is 7.33. The summed E-state index contributed by atoms with van der Waals surface area (Å²) in [5.41, 5.74) is 4.66. The highest BCUT2D eigenvalue weighted by molar-refractivity contribution is 5.82. The van der Waals surface area contributed by atoms with Gasteiger partial charge in [0.1, 0.15) is 5.82 Å². The summed E-state index contributed by atoms with van der Waals surface area (Å²) >= 11 is 0. The minimum Gasteiger partial charge on any atom is -0.277 e. The Hall–Kier alpha value is -2.49. The summed E-state index contributed by atoms with van der Waals surface area (Å²) in [4.78, 5) is 4.03. The van der Waals surface area contributed by atoms with Gasteiger partial charge in [0.25, 0.3) is 0 Å². The maximum absolute atomic E-state index is 13.1. The van der Waals surface area contributed by atoms with Crippen molar-refractivity contribution >= 4 is 0 Å². The summed E-state index contributed by atoms with van der Waals surface area (Å²) in [6.07, 6.45) is 4.06. The zero-order valence-electron chi connectivity index (χ0n) is 10.8. The van der Waals surface area contributed by atoms with Crippen LogP contribution in [0.1, 0.15) is 5.69 Å². The lowest BCUT2D eigenvalue weighted by Crippen LogP contribution is -1.87. The van der Waals surface area contributed by atoms with Crippen molar-refractivity contribution < 1.29 is 4.39 Å². The maximum atomic E-state index is 13.1. The zero-order valence-corrected chi connectivity index (χ0v) is 10.8. The average molecular weight is 266 g/mol. The zero-order chi connectivity index (χ0) is 13.9. The topological polar surface area (TPSA) is 41.6 Å². The number of H-pyrrole nitrogens is 1. The van der Waals surface area contributed by atoms with Crippen molar-refractivity contribution in [1.29, 1.82) is 0 Å². The summed E-state index contributed by atoms with van der Waals surface area (Å²) in [7, 11) is 0. The third-order valence-electron chi connectivity index (χ3n) is 3.18. The first-order valence-corrected chi connectivity index (χ1v) is 6.32. The van der Waals surface area contributed by atoms with Crippen LogP contribution in [0.4, 0.5) is 4.39 Å². The number of nitrogens with zero attached hydrogens (tertiary/aromatic N) is 2. The Morgan fingerprint density at radius 3 is 2.35 bits per heavy atom. The largest absolute Gasteiger partial charge is 0.277 e. The molecule has 3 nitrogen and oxygen atoms in total. The van der Waals surface area contributed by atoms with Gasteiger partial charge in [0.2, 0.25) is 0 Å². The molecule has 0 amide bonds. The first-order chi connectivity index (χ1) is 9.79. The number of rotatable bonds is 3. The molecular weight excluding hydrogens is 253 g/mol. The number of halogens is 1. The Morgan fingerprint density at radius 2 is 1.70 bits per heavy atom. The van der Waals surface area contributed by atoms with Crippen molar-refractivity contribution in [2.45, 2.75) is 6.42 Å². The van der Waals surface area contributed by atoms with E-state index in [1.807, 2.05) is 12.1 Å². The molecule has 20 heavy (non-hydrogen) atoms. The van der Waals surface area contributed by atoms with Crippen LogP contribution in [0, 0.1) is 12.7 Å². The van der Waals surface area contributed by atoms with E-state index in [1.165, 1.54) is 12.1 Å². The van der Waals surface area contributed by atoms with Crippen LogP contribution in [0.15, 0.2) is 48.8 Å². The van der Waals surface area contributed by atoms with E-state index in [0.717, 1.165) is 28.1 Å². The van der Waals surface area contributed by atoms with Crippen LogP contribution in [0.5, 0.6) is 0 Å². The van der Waals surface area contributed by atoms with Gasteiger partial charge in [-0.1, -0.05) is 0 Å². The minimum atomic E-state index is -0.254. The molecule has 0 aliphatic rings. The monoisotopic (exact) mass is 266 g/mol. The van der Waals surface area contributed by atoms with Gasteiger partial charge in [-0.15, -0.1) is 0 Å². The number of nitrogens with one attached hydrogen (secondary N) is 1. The molecule has 2 heterocycles. The number of aromatic amines is 1. The van der Waals surface area contributed by atoms with E-state index in [-0.39, 0.29) is 5.82 Å². The molecule has 0 aliphatic carbocycles. The molecule has 3 rings (SSSR count). The van der Waals surface area contributed by atoms with E-state index in [1.54, 1.807) is 24.5 Å². The van der Waals surface area contributed by atoms with Crippen LogP contribution in [0.25, 0.3) is 22.4 Å². The molecule has 0 aliphatic heterocycles. The van der Waals surface area contributed by atoms with Crippen LogP contribution >= 0.6 is 0 Å². The van der Waals surface area contributed by atoms with Crippen LogP contribution < -0.4 is 0 Å². The van der Waals surface area contributed by atoms with Crippen molar-refractivity contribution in [2.75, 3.05) is 0 Å². The van der Waals surface area contributed by atoms with Crippen molar-refractivity contribution in [3.8, 4) is 22.4 Å². The molecule has 1 N–H and O–H groups in total. The maximum Gasteiger partial charge on any atom is 0.123 e. The van der Waals surface area contributed by atoms with Gasteiger partial charge >= 0.3 is 0 Å². The van der Waals surface area contributed by atoms with E-state index in [4.69, 9.17) is 0 Å². The highest BCUT2D eigenvalue weighted by atomic mass is 19.1. The standard InChI is InChI=1S/C16H13FN3/c1-2-14-15(11-7-9-18-10-8-11)16(20-19-14)12-3-5-13(17)6-4-12/h3-10H,1-2H2,(H,19,20). The van der Waals surface area contributed by atoms with E-state index >= 15 is 0 Å². The third kappa shape index (κ3) is 2.20. The highest BCUT2D eigenvalue weighted by Crippen LogP contribution is 2.33. The molecule has 0 bridgehead atoms. The Bertz CT molecular complexity index is 702. The molecule has 0 fully saturated rings. The minimum absolute atomic E-state index is 0.254. The molecule has 0 spiro atoms. The van der Waals surface area contributed by atoms with Crippen LogP contribution in [0.3, 0.4) is 0 Å². The second kappa shape index (κ2) is 5.25. The van der Waals surface area contributed by atoms with Gasteiger partial charge < -0.3 is 0 Å². The van der Waals surface area contributed by atoms with Gasteiger partial charge in [0, 0.05) is 23.5 Å². The Kier molecular flexibility index (Phi) is 3.29. The molecule has 1 aromatic carbocycles. The summed E-state index contributed by atoms with van der Waals surface area (Å²) in [6.45, 7) is 3.91. The molecular formula is C16H13FN3. The second-order valence-electron chi connectivity index (χ2n) is 4.41. The highest BCUT2D eigenvalue weighted by Gasteiger charge is 2.15. The lowest BCUT2D eigenvalue weighted by Gasteiger charge is -2.05. The lowest BCUT2D eigenvalue weighted by molar-refractivity contribution is 0.628. The molecule has 99 valence electrons. The summed E-state index contributed by atoms with van der Waals surface area (Å²) in [5.74, 6) is -0.254. The average Bonchev–Trinajstić information content (AvgIpc) is 2.93. The predicted molar refractivity (Wildman–Crippen MR) is 76.3 cm³/mol. The number of pyridine rings is 1. The number of benzene rings is 1. The van der Waals surface area contributed by atoms with Gasteiger partial charge in [-0.25, -0.2) is 4.39 Å². The van der Waals surface area contributed by atoms with Crippen LogP contribution in [-0.2, 0) is 6.42 Å².